The van der Waals surface area contributed by atoms with Crippen molar-refractivity contribution in [3.63, 3.8) is 0 Å². The Kier molecular flexibility index (Phi) is 5.67. The Morgan fingerprint density at radius 3 is 2.60 bits per heavy atom. The monoisotopic (exact) mass is 364 g/mol. The summed E-state index contributed by atoms with van der Waals surface area (Å²) >= 11 is 1.37. The summed E-state index contributed by atoms with van der Waals surface area (Å²) in [7, 11) is 0. The molecule has 136 valence electrons. The number of primary amides is 1. The first kappa shape index (κ1) is 19.2. The highest BCUT2D eigenvalue weighted by atomic mass is 32.1. The van der Waals surface area contributed by atoms with Crippen LogP contribution in [0, 0.1) is 11.3 Å². The number of hydrogen-bond acceptors (Lipinski definition) is 4. The van der Waals surface area contributed by atoms with Crippen LogP contribution in [0.2, 0.25) is 0 Å². The maximum absolute atomic E-state index is 11.9. The van der Waals surface area contributed by atoms with Gasteiger partial charge in [-0.15, -0.1) is 11.3 Å². The summed E-state index contributed by atoms with van der Waals surface area (Å²) in [6.07, 6.45) is 5.37. The molecule has 1 atom stereocenters. The fraction of sp³-hybridized carbons (Fsp3) is 0.500. The number of carboxylic acid groups (broad SMARTS) is 1. The van der Waals surface area contributed by atoms with Crippen molar-refractivity contribution in [3.8, 4) is 0 Å². The zero-order valence-electron chi connectivity index (χ0n) is 14.7. The van der Waals surface area contributed by atoms with Crippen LogP contribution in [0.1, 0.15) is 54.4 Å². The third-order valence-corrected chi connectivity index (χ3v) is 6.31. The molecule has 0 fully saturated rings. The molecule has 0 aromatic carbocycles. The molecule has 4 N–H and O–H groups in total. The van der Waals surface area contributed by atoms with Crippen LogP contribution < -0.4 is 11.1 Å². The van der Waals surface area contributed by atoms with Gasteiger partial charge in [0.05, 0.1) is 5.56 Å². The molecule has 2 amide bonds. The van der Waals surface area contributed by atoms with Crippen molar-refractivity contribution in [2.24, 2.45) is 17.1 Å². The van der Waals surface area contributed by atoms with Gasteiger partial charge in [-0.1, -0.05) is 27.2 Å². The molecule has 0 aliphatic heterocycles. The van der Waals surface area contributed by atoms with Gasteiger partial charge in [0.1, 0.15) is 5.00 Å². The van der Waals surface area contributed by atoms with Crippen molar-refractivity contribution < 1.29 is 19.5 Å². The van der Waals surface area contributed by atoms with Gasteiger partial charge in [0.25, 0.3) is 5.91 Å². The largest absolute Gasteiger partial charge is 0.478 e. The van der Waals surface area contributed by atoms with E-state index in [9.17, 15) is 14.4 Å². The molecular weight excluding hydrogens is 340 g/mol. The second-order valence-corrected chi connectivity index (χ2v) is 8.12. The second kappa shape index (κ2) is 7.39. The number of fused-ring (bicyclic) bond motifs is 1. The third-order valence-electron chi connectivity index (χ3n) is 5.14. The van der Waals surface area contributed by atoms with E-state index in [2.05, 4.69) is 26.1 Å². The Bertz CT molecular complexity index is 734. The number of carbonyl (C=O) groups excluding carboxylic acids is 2. The van der Waals surface area contributed by atoms with Crippen molar-refractivity contribution >= 4 is 34.1 Å². The van der Waals surface area contributed by atoms with Crippen LogP contribution in [0.5, 0.6) is 0 Å². The van der Waals surface area contributed by atoms with Gasteiger partial charge in [0, 0.05) is 17.0 Å². The van der Waals surface area contributed by atoms with E-state index in [0.29, 0.717) is 16.5 Å². The fourth-order valence-electron chi connectivity index (χ4n) is 3.19. The maximum Gasteiger partial charge on any atom is 0.328 e. The van der Waals surface area contributed by atoms with Gasteiger partial charge in [-0.3, -0.25) is 9.59 Å². The van der Waals surface area contributed by atoms with E-state index < -0.39 is 17.8 Å². The van der Waals surface area contributed by atoms with Gasteiger partial charge in [-0.05, 0) is 36.2 Å². The minimum Gasteiger partial charge on any atom is -0.478 e. The lowest BCUT2D eigenvalue weighted by Gasteiger charge is -2.36. The minimum atomic E-state index is -1.21. The van der Waals surface area contributed by atoms with Crippen molar-refractivity contribution in [1.82, 2.24) is 0 Å². The summed E-state index contributed by atoms with van der Waals surface area (Å²) in [4.78, 5) is 35.4. The lowest BCUT2D eigenvalue weighted by molar-refractivity contribution is -0.131. The summed E-state index contributed by atoms with van der Waals surface area (Å²) in [5, 5.41) is 11.6. The normalized spacial score (nSPS) is 17.3. The molecule has 6 nitrogen and oxygen atoms in total. The second-order valence-electron chi connectivity index (χ2n) is 7.01. The molecule has 0 saturated carbocycles. The molecule has 0 saturated heterocycles. The van der Waals surface area contributed by atoms with E-state index in [0.717, 1.165) is 48.3 Å². The van der Waals surface area contributed by atoms with Gasteiger partial charge in [-0.2, -0.15) is 0 Å². The van der Waals surface area contributed by atoms with E-state index >= 15 is 0 Å². The standard InChI is InChI=1S/C18H24N2O4S/c1-4-18(2,3)10-5-6-11-12(9-10)25-17(15(11)16(19)24)20-13(21)7-8-14(22)23/h7-8,10H,4-6,9H2,1-3H3,(H2,19,24)(H,20,21)(H,22,23). The average Bonchev–Trinajstić information content (AvgIpc) is 2.89. The van der Waals surface area contributed by atoms with E-state index in [1.807, 2.05) is 0 Å². The molecule has 7 heteroatoms. The van der Waals surface area contributed by atoms with E-state index in [-0.39, 0.29) is 5.41 Å². The van der Waals surface area contributed by atoms with Gasteiger partial charge in [-0.25, -0.2) is 4.79 Å². The SMILES string of the molecule is CCC(C)(C)C1CCc2c(sc(NC(=O)C=CC(=O)O)c2C(N)=O)C1. The number of carboxylic acids is 1. The van der Waals surface area contributed by atoms with E-state index in [4.69, 9.17) is 10.8 Å². The number of hydrogen-bond donors (Lipinski definition) is 3. The van der Waals surface area contributed by atoms with Crippen molar-refractivity contribution in [3.05, 3.63) is 28.2 Å². The van der Waals surface area contributed by atoms with Gasteiger partial charge in [0.15, 0.2) is 0 Å². The maximum atomic E-state index is 11.9. The number of aliphatic carboxylic acids is 1. The summed E-state index contributed by atoms with van der Waals surface area (Å²) in [6.45, 7) is 6.69. The Hall–Kier alpha value is -2.15. The van der Waals surface area contributed by atoms with Gasteiger partial charge >= 0.3 is 5.97 Å². The van der Waals surface area contributed by atoms with E-state index in [1.54, 1.807) is 0 Å². The van der Waals surface area contributed by atoms with Crippen LogP contribution in [-0.4, -0.2) is 22.9 Å². The van der Waals surface area contributed by atoms with Crippen LogP contribution in [0.4, 0.5) is 5.00 Å². The molecular formula is C18H24N2O4S. The number of thiophene rings is 1. The Morgan fingerprint density at radius 1 is 1.36 bits per heavy atom. The molecule has 25 heavy (non-hydrogen) atoms. The molecule has 1 aromatic rings. The zero-order valence-corrected chi connectivity index (χ0v) is 15.5. The Balaban J connectivity index is 2.30. The Morgan fingerprint density at radius 2 is 2.04 bits per heavy atom. The lowest BCUT2D eigenvalue weighted by Crippen LogP contribution is -2.29. The fourth-order valence-corrected chi connectivity index (χ4v) is 4.53. The summed E-state index contributed by atoms with van der Waals surface area (Å²) in [5.41, 5.74) is 7.04. The smallest absolute Gasteiger partial charge is 0.328 e. The molecule has 1 aromatic heterocycles. The number of rotatable bonds is 6. The Labute approximate surface area is 151 Å². The zero-order chi connectivity index (χ0) is 18.8. The van der Waals surface area contributed by atoms with Crippen LogP contribution >= 0.6 is 11.3 Å². The molecule has 0 spiro atoms. The van der Waals surface area contributed by atoms with Crippen molar-refractivity contribution in [1.29, 1.82) is 0 Å². The van der Waals surface area contributed by atoms with Gasteiger partial charge in [0.2, 0.25) is 5.91 Å². The quantitative estimate of drug-likeness (QED) is 0.674. The van der Waals surface area contributed by atoms with E-state index in [1.165, 1.54) is 11.3 Å². The number of nitrogens with two attached hydrogens (primary N) is 1. The molecule has 1 aliphatic carbocycles. The van der Waals surface area contributed by atoms with Crippen molar-refractivity contribution in [2.45, 2.75) is 46.5 Å². The first-order valence-electron chi connectivity index (χ1n) is 8.32. The van der Waals surface area contributed by atoms with Gasteiger partial charge < -0.3 is 16.2 Å². The van der Waals surface area contributed by atoms with Crippen LogP contribution in [-0.2, 0) is 22.4 Å². The number of amides is 2. The minimum absolute atomic E-state index is 0.211. The topological polar surface area (TPSA) is 109 Å². The number of nitrogens with one attached hydrogen (secondary N) is 1. The highest BCUT2D eigenvalue weighted by Crippen LogP contribution is 2.45. The molecule has 1 aliphatic rings. The number of carbonyl (C=O) groups is 3. The van der Waals surface area contributed by atoms with Crippen LogP contribution in [0.25, 0.3) is 0 Å². The number of anilines is 1. The summed E-state index contributed by atoms with van der Waals surface area (Å²) in [5.74, 6) is -1.85. The van der Waals surface area contributed by atoms with Crippen molar-refractivity contribution in [2.75, 3.05) is 5.32 Å². The molecule has 1 unspecified atom stereocenters. The lowest BCUT2D eigenvalue weighted by atomic mass is 9.69. The third kappa shape index (κ3) is 4.28. The summed E-state index contributed by atoms with van der Waals surface area (Å²) < 4.78 is 0. The molecule has 1 heterocycles. The highest BCUT2D eigenvalue weighted by molar-refractivity contribution is 7.17. The first-order valence-corrected chi connectivity index (χ1v) is 9.13. The van der Waals surface area contributed by atoms with Crippen LogP contribution in [0.15, 0.2) is 12.2 Å². The predicted molar refractivity (Wildman–Crippen MR) is 97.8 cm³/mol. The van der Waals surface area contributed by atoms with Crippen LogP contribution in [0.3, 0.4) is 0 Å². The molecule has 2 rings (SSSR count). The average molecular weight is 364 g/mol. The predicted octanol–water partition coefficient (Wildman–Crippen LogP) is 2.97. The first-order chi connectivity index (χ1) is 11.7. The molecule has 0 radical (unpaired) electrons. The molecule has 0 bridgehead atoms. The highest BCUT2D eigenvalue weighted by Gasteiger charge is 2.34. The summed E-state index contributed by atoms with van der Waals surface area (Å²) in [6, 6.07) is 0.